The number of benzene rings is 1. The normalized spacial score (nSPS) is 18.3. The lowest BCUT2D eigenvalue weighted by Crippen LogP contribution is -2.47. The second kappa shape index (κ2) is 9.93. The minimum Gasteiger partial charge on any atom is -0.353 e. The number of thiocarbonyl (C=S) groups is 1. The largest absolute Gasteiger partial charge is 0.353 e. The Hall–Kier alpha value is -3.01. The second-order valence-corrected chi connectivity index (χ2v) is 10.4. The van der Waals surface area contributed by atoms with Crippen molar-refractivity contribution in [3.8, 4) is 0 Å². The highest BCUT2D eigenvalue weighted by Gasteiger charge is 2.32. The standard InChI is InChI=1S/C26H27N5O2S2/c1-3-30-25(33)21(35-26(30)34)16-20-23(27-22-18(2)8-7-11-31(22)24(20)32)29-14-12-28(13-15-29)17-19-9-5-4-6-10-19/h4-11,16H,3,12-15,17H2,1-2H3/b21-16+. The highest BCUT2D eigenvalue weighted by atomic mass is 32.2. The fraction of sp³-hybridized carbons (Fsp3) is 0.308. The number of nitrogens with zero attached hydrogens (tertiary/aromatic N) is 5. The van der Waals surface area contributed by atoms with E-state index in [1.54, 1.807) is 21.6 Å². The van der Waals surface area contributed by atoms with E-state index in [4.69, 9.17) is 17.2 Å². The van der Waals surface area contributed by atoms with E-state index < -0.39 is 0 Å². The van der Waals surface area contributed by atoms with Crippen LogP contribution in [0.15, 0.2) is 58.4 Å². The SMILES string of the molecule is CCN1C(=O)/C(=C\c2c(N3CCN(Cc4ccccc4)CC3)nc3c(C)cccn3c2=O)SC1=S. The van der Waals surface area contributed by atoms with E-state index in [9.17, 15) is 9.59 Å². The number of rotatable bonds is 5. The third kappa shape index (κ3) is 4.63. The lowest BCUT2D eigenvalue weighted by molar-refractivity contribution is -0.121. The number of anilines is 1. The minimum atomic E-state index is -0.179. The molecular formula is C26H27N5O2S2. The number of pyridine rings is 1. The Balaban J connectivity index is 1.51. The second-order valence-electron chi connectivity index (χ2n) is 8.71. The Kier molecular flexibility index (Phi) is 6.73. The molecule has 0 spiro atoms. The van der Waals surface area contributed by atoms with Crippen molar-refractivity contribution in [1.82, 2.24) is 19.2 Å². The Bertz CT molecular complexity index is 1380. The number of aromatic nitrogens is 2. The van der Waals surface area contributed by atoms with Crippen molar-refractivity contribution >= 4 is 51.7 Å². The van der Waals surface area contributed by atoms with E-state index in [1.807, 2.05) is 32.0 Å². The van der Waals surface area contributed by atoms with E-state index in [-0.39, 0.29) is 11.5 Å². The molecule has 7 nitrogen and oxygen atoms in total. The average molecular weight is 506 g/mol. The summed E-state index contributed by atoms with van der Waals surface area (Å²) in [5.41, 5.74) is 3.11. The van der Waals surface area contributed by atoms with Crippen molar-refractivity contribution in [1.29, 1.82) is 0 Å². The molecule has 0 bridgehead atoms. The van der Waals surface area contributed by atoms with Crippen molar-refractivity contribution in [3.63, 3.8) is 0 Å². The van der Waals surface area contributed by atoms with Crippen LogP contribution in [0.4, 0.5) is 5.82 Å². The Labute approximate surface area is 214 Å². The first-order chi connectivity index (χ1) is 17.0. The summed E-state index contributed by atoms with van der Waals surface area (Å²) in [6.45, 7) is 8.47. The molecule has 2 aliphatic heterocycles. The van der Waals surface area contributed by atoms with Crippen LogP contribution in [0.2, 0.25) is 0 Å². The summed E-state index contributed by atoms with van der Waals surface area (Å²) in [4.78, 5) is 38.1. The Morgan fingerprint density at radius 2 is 1.80 bits per heavy atom. The molecule has 2 aliphatic rings. The molecule has 0 atom stereocenters. The topological polar surface area (TPSA) is 61.2 Å². The van der Waals surface area contributed by atoms with Crippen LogP contribution in [-0.4, -0.2) is 62.1 Å². The van der Waals surface area contributed by atoms with Gasteiger partial charge in [0.2, 0.25) is 0 Å². The number of thioether (sulfide) groups is 1. The van der Waals surface area contributed by atoms with Gasteiger partial charge in [0, 0.05) is 45.5 Å². The molecule has 0 saturated carbocycles. The third-order valence-electron chi connectivity index (χ3n) is 6.45. The molecule has 0 unspecified atom stereocenters. The van der Waals surface area contributed by atoms with Gasteiger partial charge in [0.25, 0.3) is 11.5 Å². The fourth-order valence-corrected chi connectivity index (χ4v) is 5.90. The number of hydrogen-bond acceptors (Lipinski definition) is 7. The maximum Gasteiger partial charge on any atom is 0.267 e. The molecule has 0 N–H and O–H groups in total. The molecule has 0 radical (unpaired) electrons. The smallest absolute Gasteiger partial charge is 0.267 e. The number of fused-ring (bicyclic) bond motifs is 1. The number of hydrogen-bond donors (Lipinski definition) is 0. The first-order valence-corrected chi connectivity index (χ1v) is 13.0. The van der Waals surface area contributed by atoms with E-state index in [2.05, 4.69) is 34.1 Å². The zero-order valence-corrected chi connectivity index (χ0v) is 21.4. The van der Waals surface area contributed by atoms with Gasteiger partial charge in [0.15, 0.2) is 0 Å². The van der Waals surface area contributed by atoms with Gasteiger partial charge in [-0.3, -0.25) is 23.8 Å². The van der Waals surface area contributed by atoms with Gasteiger partial charge in [-0.05, 0) is 37.1 Å². The van der Waals surface area contributed by atoms with Crippen LogP contribution in [0.1, 0.15) is 23.6 Å². The highest BCUT2D eigenvalue weighted by Crippen LogP contribution is 2.33. The molecule has 4 heterocycles. The average Bonchev–Trinajstić information content (AvgIpc) is 3.14. The molecule has 1 amide bonds. The monoisotopic (exact) mass is 505 g/mol. The van der Waals surface area contributed by atoms with Gasteiger partial charge in [-0.2, -0.15) is 0 Å². The summed E-state index contributed by atoms with van der Waals surface area (Å²) in [5, 5.41) is 0. The zero-order valence-electron chi connectivity index (χ0n) is 19.8. The number of piperazine rings is 1. The quantitative estimate of drug-likeness (QED) is 0.388. The van der Waals surface area contributed by atoms with Gasteiger partial charge < -0.3 is 4.90 Å². The van der Waals surface area contributed by atoms with Crippen LogP contribution in [0, 0.1) is 6.92 Å². The van der Waals surface area contributed by atoms with Gasteiger partial charge in [-0.15, -0.1) is 0 Å². The first kappa shape index (κ1) is 23.7. The van der Waals surface area contributed by atoms with Gasteiger partial charge >= 0.3 is 0 Å². The highest BCUT2D eigenvalue weighted by molar-refractivity contribution is 8.26. The van der Waals surface area contributed by atoms with Crippen molar-refractivity contribution in [2.45, 2.75) is 20.4 Å². The predicted octanol–water partition coefficient (Wildman–Crippen LogP) is 3.55. The summed E-state index contributed by atoms with van der Waals surface area (Å²) in [6, 6.07) is 14.2. The van der Waals surface area contributed by atoms with Crippen molar-refractivity contribution in [2.75, 3.05) is 37.6 Å². The lowest BCUT2D eigenvalue weighted by Gasteiger charge is -2.36. The third-order valence-corrected chi connectivity index (χ3v) is 7.83. The molecular weight excluding hydrogens is 478 g/mol. The van der Waals surface area contributed by atoms with Crippen LogP contribution in [0.25, 0.3) is 11.7 Å². The van der Waals surface area contributed by atoms with Gasteiger partial charge in [0.1, 0.15) is 15.8 Å². The fourth-order valence-electron chi connectivity index (χ4n) is 4.53. The molecule has 2 saturated heterocycles. The number of aryl methyl sites for hydroxylation is 1. The first-order valence-electron chi connectivity index (χ1n) is 11.7. The van der Waals surface area contributed by atoms with Gasteiger partial charge in [0.05, 0.1) is 10.5 Å². The van der Waals surface area contributed by atoms with Crippen molar-refractivity contribution < 1.29 is 4.79 Å². The van der Waals surface area contributed by atoms with Crippen LogP contribution in [-0.2, 0) is 11.3 Å². The molecule has 0 aliphatic carbocycles. The maximum absolute atomic E-state index is 13.7. The number of likely N-dealkylation sites (N-methyl/N-ethyl adjacent to an activating group) is 1. The number of amides is 1. The molecule has 2 aromatic heterocycles. The lowest BCUT2D eigenvalue weighted by atomic mass is 10.1. The predicted molar refractivity (Wildman–Crippen MR) is 146 cm³/mol. The zero-order chi connectivity index (χ0) is 24.5. The van der Waals surface area contributed by atoms with Crippen LogP contribution >= 0.6 is 24.0 Å². The number of carbonyl (C=O) groups is 1. The van der Waals surface area contributed by atoms with Gasteiger partial charge in [-0.25, -0.2) is 4.98 Å². The molecule has 5 rings (SSSR count). The van der Waals surface area contributed by atoms with Crippen LogP contribution in [0.3, 0.4) is 0 Å². The summed E-state index contributed by atoms with van der Waals surface area (Å²) in [7, 11) is 0. The minimum absolute atomic E-state index is 0.158. The van der Waals surface area contributed by atoms with E-state index in [0.29, 0.717) is 32.8 Å². The molecule has 2 fully saturated rings. The summed E-state index contributed by atoms with van der Waals surface area (Å²) < 4.78 is 2.08. The summed E-state index contributed by atoms with van der Waals surface area (Å²) in [5.74, 6) is 0.472. The van der Waals surface area contributed by atoms with Crippen LogP contribution < -0.4 is 10.5 Å². The molecule has 9 heteroatoms. The van der Waals surface area contributed by atoms with Crippen LogP contribution in [0.5, 0.6) is 0 Å². The van der Waals surface area contributed by atoms with Crippen molar-refractivity contribution in [2.24, 2.45) is 0 Å². The molecule has 35 heavy (non-hydrogen) atoms. The molecule has 1 aromatic carbocycles. The van der Waals surface area contributed by atoms with E-state index in [1.165, 1.54) is 17.3 Å². The summed E-state index contributed by atoms with van der Waals surface area (Å²) in [6.07, 6.45) is 3.42. The maximum atomic E-state index is 13.7. The van der Waals surface area contributed by atoms with E-state index in [0.717, 1.165) is 38.3 Å². The van der Waals surface area contributed by atoms with Gasteiger partial charge in [-0.1, -0.05) is 60.4 Å². The summed E-state index contributed by atoms with van der Waals surface area (Å²) >= 11 is 6.62. The Morgan fingerprint density at radius 1 is 1.06 bits per heavy atom. The molecule has 180 valence electrons. The van der Waals surface area contributed by atoms with E-state index >= 15 is 0 Å². The van der Waals surface area contributed by atoms with Crippen molar-refractivity contribution in [3.05, 3.63) is 80.6 Å². The Morgan fingerprint density at radius 3 is 2.49 bits per heavy atom. The molecule has 3 aromatic rings. The number of carbonyl (C=O) groups excluding carboxylic acids is 1.